The fourth-order valence-corrected chi connectivity index (χ4v) is 2.14. The van der Waals surface area contributed by atoms with Crippen LogP contribution < -0.4 is 19.6 Å². The third-order valence-corrected chi connectivity index (χ3v) is 3.53. The summed E-state index contributed by atoms with van der Waals surface area (Å²) in [5, 5.41) is 14.0. The normalized spacial score (nSPS) is 11.0. The monoisotopic (exact) mass is 344 g/mol. The van der Waals surface area contributed by atoms with Crippen LogP contribution in [0.3, 0.4) is 0 Å². The number of nitrogens with one attached hydrogen (secondary N) is 1. The summed E-state index contributed by atoms with van der Waals surface area (Å²) in [6.07, 6.45) is 0. The van der Waals surface area contributed by atoms with Crippen LogP contribution >= 0.6 is 0 Å². The molecule has 2 aromatic carbocycles. The van der Waals surface area contributed by atoms with Crippen LogP contribution in [0, 0.1) is 0 Å². The van der Waals surface area contributed by atoms with Gasteiger partial charge in [0.25, 0.3) is 5.91 Å². The minimum atomic E-state index is -0.426. The van der Waals surface area contributed by atoms with Crippen molar-refractivity contribution in [3.63, 3.8) is 0 Å². The van der Waals surface area contributed by atoms with Crippen molar-refractivity contribution in [3.8, 4) is 23.0 Å². The number of rotatable bonds is 6. The molecule has 0 atom stereocenters. The topological polar surface area (TPSA) is 89.4 Å². The fourth-order valence-electron chi connectivity index (χ4n) is 2.14. The molecule has 132 valence electrons. The van der Waals surface area contributed by atoms with E-state index in [1.807, 2.05) is 0 Å². The fraction of sp³-hybridized carbons (Fsp3) is 0.222. The maximum absolute atomic E-state index is 12.3. The standard InChI is InChI=1S/C18H20N2O5/c1-11(16-6-5-13(23-2)10-17(16)21)19-20-18(22)12-7-14(24-3)9-15(8-12)25-4/h5-10,21H,1-4H3,(H,20,22)/b19-11+. The van der Waals surface area contributed by atoms with Gasteiger partial charge in [-0.05, 0) is 31.2 Å². The molecular formula is C18H20N2O5. The highest BCUT2D eigenvalue weighted by Crippen LogP contribution is 2.24. The Kier molecular flexibility index (Phi) is 5.84. The number of nitrogens with zero attached hydrogens (tertiary/aromatic N) is 1. The Hall–Kier alpha value is -3.22. The van der Waals surface area contributed by atoms with Gasteiger partial charge in [0.05, 0.1) is 27.0 Å². The molecule has 7 heteroatoms. The van der Waals surface area contributed by atoms with Gasteiger partial charge >= 0.3 is 0 Å². The van der Waals surface area contributed by atoms with Crippen LogP contribution in [-0.2, 0) is 0 Å². The second kappa shape index (κ2) is 8.05. The van der Waals surface area contributed by atoms with Gasteiger partial charge in [0, 0.05) is 23.3 Å². The highest BCUT2D eigenvalue weighted by molar-refractivity contribution is 6.02. The molecule has 0 heterocycles. The Balaban J connectivity index is 2.19. The number of phenolic OH excluding ortho intramolecular Hbond substituents is 1. The van der Waals surface area contributed by atoms with Crippen molar-refractivity contribution in [2.24, 2.45) is 5.10 Å². The molecule has 0 saturated carbocycles. The van der Waals surface area contributed by atoms with Crippen LogP contribution in [0.2, 0.25) is 0 Å². The SMILES string of the molecule is COc1cc(OC)cc(C(=O)N/N=C(\C)c2ccc(OC)cc2O)c1. The second-order valence-corrected chi connectivity index (χ2v) is 5.12. The van der Waals surface area contributed by atoms with E-state index in [9.17, 15) is 9.90 Å². The van der Waals surface area contributed by atoms with Crippen molar-refractivity contribution in [2.75, 3.05) is 21.3 Å². The molecule has 2 rings (SSSR count). The molecule has 2 N–H and O–H groups in total. The van der Waals surface area contributed by atoms with Gasteiger partial charge < -0.3 is 19.3 Å². The van der Waals surface area contributed by atoms with E-state index in [0.29, 0.717) is 34.1 Å². The first-order valence-corrected chi connectivity index (χ1v) is 7.43. The van der Waals surface area contributed by atoms with E-state index in [0.717, 1.165) is 0 Å². The number of hydrogen-bond donors (Lipinski definition) is 2. The van der Waals surface area contributed by atoms with Crippen molar-refractivity contribution in [1.29, 1.82) is 0 Å². The van der Waals surface area contributed by atoms with Crippen molar-refractivity contribution in [1.82, 2.24) is 5.43 Å². The van der Waals surface area contributed by atoms with E-state index >= 15 is 0 Å². The smallest absolute Gasteiger partial charge is 0.271 e. The lowest BCUT2D eigenvalue weighted by Gasteiger charge is -2.09. The largest absolute Gasteiger partial charge is 0.507 e. The summed E-state index contributed by atoms with van der Waals surface area (Å²) < 4.78 is 15.3. The minimum absolute atomic E-state index is 0.0119. The molecule has 0 unspecified atom stereocenters. The Morgan fingerprint density at radius 2 is 1.56 bits per heavy atom. The summed E-state index contributed by atoms with van der Waals surface area (Å²) in [7, 11) is 4.52. The van der Waals surface area contributed by atoms with Gasteiger partial charge in [-0.25, -0.2) is 5.43 Å². The molecule has 0 fully saturated rings. The molecule has 1 amide bonds. The van der Waals surface area contributed by atoms with E-state index in [-0.39, 0.29) is 5.75 Å². The number of phenols is 1. The zero-order valence-corrected chi connectivity index (χ0v) is 14.5. The number of benzene rings is 2. The Morgan fingerprint density at radius 1 is 0.960 bits per heavy atom. The van der Waals surface area contributed by atoms with Crippen molar-refractivity contribution in [3.05, 3.63) is 47.5 Å². The van der Waals surface area contributed by atoms with Gasteiger partial charge in [0.15, 0.2) is 0 Å². The lowest BCUT2D eigenvalue weighted by Crippen LogP contribution is -2.19. The first kappa shape index (κ1) is 18.1. The Bertz CT molecular complexity index is 780. The first-order valence-electron chi connectivity index (χ1n) is 7.43. The number of hydrogen-bond acceptors (Lipinski definition) is 6. The van der Waals surface area contributed by atoms with Crippen LogP contribution in [0.4, 0.5) is 0 Å². The molecule has 0 saturated heterocycles. The van der Waals surface area contributed by atoms with Crippen molar-refractivity contribution >= 4 is 11.6 Å². The van der Waals surface area contributed by atoms with Gasteiger partial charge in [0.1, 0.15) is 23.0 Å². The number of amides is 1. The molecule has 0 radical (unpaired) electrons. The third kappa shape index (κ3) is 4.41. The predicted molar refractivity (Wildman–Crippen MR) is 93.9 cm³/mol. The lowest BCUT2D eigenvalue weighted by molar-refractivity contribution is 0.0954. The van der Waals surface area contributed by atoms with Gasteiger partial charge in [-0.1, -0.05) is 0 Å². The van der Waals surface area contributed by atoms with Gasteiger partial charge in [-0.15, -0.1) is 0 Å². The Labute approximate surface area is 145 Å². The summed E-state index contributed by atoms with van der Waals surface area (Å²) in [5.74, 6) is 1.11. The van der Waals surface area contributed by atoms with E-state index in [1.165, 1.54) is 27.4 Å². The summed E-state index contributed by atoms with van der Waals surface area (Å²) in [6, 6.07) is 9.65. The maximum atomic E-state index is 12.3. The van der Waals surface area contributed by atoms with Crippen LogP contribution in [-0.4, -0.2) is 38.1 Å². The highest BCUT2D eigenvalue weighted by Gasteiger charge is 2.11. The van der Waals surface area contributed by atoms with Gasteiger partial charge in [0.2, 0.25) is 0 Å². The number of carbonyl (C=O) groups excluding carboxylic acids is 1. The minimum Gasteiger partial charge on any atom is -0.507 e. The zero-order valence-electron chi connectivity index (χ0n) is 14.5. The molecule has 0 aliphatic carbocycles. The number of ether oxygens (including phenoxy) is 3. The molecular weight excluding hydrogens is 324 g/mol. The average molecular weight is 344 g/mol. The van der Waals surface area contributed by atoms with Crippen LogP contribution in [0.15, 0.2) is 41.5 Å². The molecule has 0 aliphatic rings. The second-order valence-electron chi connectivity index (χ2n) is 5.12. The number of hydrazone groups is 1. The third-order valence-electron chi connectivity index (χ3n) is 3.53. The number of aromatic hydroxyl groups is 1. The van der Waals surface area contributed by atoms with Crippen LogP contribution in [0.25, 0.3) is 0 Å². The van der Waals surface area contributed by atoms with Crippen LogP contribution in [0.5, 0.6) is 23.0 Å². The molecule has 0 spiro atoms. The van der Waals surface area contributed by atoms with Crippen molar-refractivity contribution in [2.45, 2.75) is 6.92 Å². The summed E-state index contributed by atoms with van der Waals surface area (Å²) >= 11 is 0. The lowest BCUT2D eigenvalue weighted by atomic mass is 10.1. The van der Waals surface area contributed by atoms with Gasteiger partial charge in [-0.2, -0.15) is 5.10 Å². The maximum Gasteiger partial charge on any atom is 0.271 e. The quantitative estimate of drug-likeness (QED) is 0.621. The van der Waals surface area contributed by atoms with E-state index in [1.54, 1.807) is 37.3 Å². The number of carbonyl (C=O) groups is 1. The molecule has 0 aliphatic heterocycles. The van der Waals surface area contributed by atoms with E-state index in [2.05, 4.69) is 10.5 Å². The summed E-state index contributed by atoms with van der Waals surface area (Å²) in [4.78, 5) is 12.3. The van der Waals surface area contributed by atoms with E-state index < -0.39 is 5.91 Å². The molecule has 25 heavy (non-hydrogen) atoms. The molecule has 2 aromatic rings. The molecule has 0 aromatic heterocycles. The molecule has 7 nitrogen and oxygen atoms in total. The van der Waals surface area contributed by atoms with E-state index in [4.69, 9.17) is 14.2 Å². The Morgan fingerprint density at radius 3 is 2.08 bits per heavy atom. The first-order chi connectivity index (χ1) is 12.0. The average Bonchev–Trinajstić information content (AvgIpc) is 2.64. The summed E-state index contributed by atoms with van der Waals surface area (Å²) in [5.41, 5.74) is 3.73. The number of methoxy groups -OCH3 is 3. The summed E-state index contributed by atoms with van der Waals surface area (Å²) in [6.45, 7) is 1.67. The van der Waals surface area contributed by atoms with Crippen molar-refractivity contribution < 1.29 is 24.1 Å². The van der Waals surface area contributed by atoms with Gasteiger partial charge in [-0.3, -0.25) is 4.79 Å². The highest BCUT2D eigenvalue weighted by atomic mass is 16.5. The zero-order chi connectivity index (χ0) is 18.4. The molecule has 0 bridgehead atoms. The predicted octanol–water partition coefficient (Wildman–Crippen LogP) is 2.57. The van der Waals surface area contributed by atoms with Crippen LogP contribution in [0.1, 0.15) is 22.8 Å².